The van der Waals surface area contributed by atoms with E-state index in [9.17, 15) is 0 Å². The smallest absolute Gasteiger partial charge is 0.126 e. The van der Waals surface area contributed by atoms with Gasteiger partial charge in [-0.05, 0) is 37.2 Å². The minimum absolute atomic E-state index is 0.0187. The van der Waals surface area contributed by atoms with Crippen molar-refractivity contribution >= 4 is 17.4 Å². The summed E-state index contributed by atoms with van der Waals surface area (Å²) in [5.74, 6) is 0.546. The number of likely N-dealkylation sites (N-methyl/N-ethyl adjacent to an activating group) is 1. The lowest BCUT2D eigenvalue weighted by Crippen LogP contribution is -2.21. The van der Waals surface area contributed by atoms with Crippen LogP contribution in [0, 0.1) is 0 Å². The van der Waals surface area contributed by atoms with Crippen molar-refractivity contribution in [2.24, 2.45) is 0 Å². The van der Waals surface area contributed by atoms with E-state index in [-0.39, 0.29) is 6.04 Å². The van der Waals surface area contributed by atoms with Gasteiger partial charge in [-0.3, -0.25) is 4.98 Å². The van der Waals surface area contributed by atoms with Crippen molar-refractivity contribution in [2.75, 3.05) is 12.8 Å². The van der Waals surface area contributed by atoms with E-state index in [1.165, 1.54) is 0 Å². The van der Waals surface area contributed by atoms with Gasteiger partial charge in [-0.15, -0.1) is 0 Å². The van der Waals surface area contributed by atoms with E-state index in [2.05, 4.69) is 15.3 Å². The van der Waals surface area contributed by atoms with Crippen molar-refractivity contribution in [2.45, 2.75) is 12.5 Å². The van der Waals surface area contributed by atoms with Gasteiger partial charge in [-0.25, -0.2) is 4.98 Å². The van der Waals surface area contributed by atoms with Crippen molar-refractivity contribution in [3.05, 3.63) is 52.9 Å². The number of anilines is 1. The minimum Gasteiger partial charge on any atom is -0.383 e. The highest BCUT2D eigenvalue weighted by atomic mass is 35.5. The SMILES string of the molecule is CNC(Cc1cccnc1N)c1ncccc1Cl. The first-order chi connectivity index (χ1) is 8.72. The van der Waals surface area contributed by atoms with Crippen LogP contribution >= 0.6 is 11.6 Å². The third-order valence-electron chi connectivity index (χ3n) is 2.82. The highest BCUT2D eigenvalue weighted by molar-refractivity contribution is 6.31. The molecule has 0 saturated heterocycles. The van der Waals surface area contributed by atoms with Gasteiger partial charge in [-0.2, -0.15) is 0 Å². The fourth-order valence-corrected chi connectivity index (χ4v) is 2.09. The van der Waals surface area contributed by atoms with Crippen LogP contribution in [0.2, 0.25) is 5.02 Å². The average Bonchev–Trinajstić information content (AvgIpc) is 2.39. The summed E-state index contributed by atoms with van der Waals surface area (Å²) in [6.45, 7) is 0. The zero-order chi connectivity index (χ0) is 13.0. The molecule has 0 bridgehead atoms. The van der Waals surface area contributed by atoms with E-state index in [1.807, 2.05) is 31.3 Å². The van der Waals surface area contributed by atoms with E-state index in [1.54, 1.807) is 12.4 Å². The number of hydrogen-bond acceptors (Lipinski definition) is 4. The summed E-state index contributed by atoms with van der Waals surface area (Å²) in [6.07, 6.45) is 4.12. The fraction of sp³-hybridized carbons (Fsp3) is 0.231. The molecule has 0 radical (unpaired) electrons. The van der Waals surface area contributed by atoms with Crippen LogP contribution in [-0.4, -0.2) is 17.0 Å². The third-order valence-corrected chi connectivity index (χ3v) is 3.14. The standard InChI is InChI=1S/C13H15ClN4/c1-16-11(12-10(14)5-3-6-17-12)8-9-4-2-7-18-13(9)15/h2-7,11,16H,8H2,1H3,(H2,15,18). The van der Waals surface area contributed by atoms with Crippen molar-refractivity contribution in [1.29, 1.82) is 0 Å². The first-order valence-electron chi connectivity index (χ1n) is 5.69. The summed E-state index contributed by atoms with van der Waals surface area (Å²) in [6, 6.07) is 7.50. The molecule has 2 heterocycles. The Morgan fingerprint density at radius 3 is 2.67 bits per heavy atom. The highest BCUT2D eigenvalue weighted by Gasteiger charge is 2.16. The topological polar surface area (TPSA) is 63.8 Å². The Bertz CT molecular complexity index is 530. The summed E-state index contributed by atoms with van der Waals surface area (Å²) < 4.78 is 0. The lowest BCUT2D eigenvalue weighted by Gasteiger charge is -2.17. The second kappa shape index (κ2) is 5.80. The molecule has 0 saturated carbocycles. The van der Waals surface area contributed by atoms with Crippen LogP contribution in [0.25, 0.3) is 0 Å². The van der Waals surface area contributed by atoms with E-state index in [4.69, 9.17) is 17.3 Å². The lowest BCUT2D eigenvalue weighted by molar-refractivity contribution is 0.576. The van der Waals surface area contributed by atoms with Crippen LogP contribution in [0.4, 0.5) is 5.82 Å². The number of halogens is 1. The molecule has 94 valence electrons. The molecule has 0 amide bonds. The maximum atomic E-state index is 6.15. The Morgan fingerprint density at radius 1 is 1.28 bits per heavy atom. The number of rotatable bonds is 4. The fourth-order valence-electron chi connectivity index (χ4n) is 1.83. The zero-order valence-electron chi connectivity index (χ0n) is 10.1. The number of nitrogen functional groups attached to an aromatic ring is 1. The normalized spacial score (nSPS) is 12.3. The van der Waals surface area contributed by atoms with Crippen molar-refractivity contribution in [3.8, 4) is 0 Å². The van der Waals surface area contributed by atoms with Gasteiger partial charge < -0.3 is 11.1 Å². The van der Waals surface area contributed by atoms with Gasteiger partial charge in [0.25, 0.3) is 0 Å². The van der Waals surface area contributed by atoms with Gasteiger partial charge in [-0.1, -0.05) is 17.7 Å². The Kier molecular flexibility index (Phi) is 4.12. The van der Waals surface area contributed by atoms with E-state index in [0.717, 1.165) is 11.3 Å². The molecule has 0 aliphatic rings. The number of hydrogen-bond donors (Lipinski definition) is 2. The van der Waals surface area contributed by atoms with Gasteiger partial charge in [0.1, 0.15) is 5.82 Å². The summed E-state index contributed by atoms with van der Waals surface area (Å²) in [4.78, 5) is 8.40. The Morgan fingerprint density at radius 2 is 2.00 bits per heavy atom. The molecular weight excluding hydrogens is 248 g/mol. The summed E-state index contributed by atoms with van der Waals surface area (Å²) >= 11 is 6.15. The molecule has 2 aromatic heterocycles. The third kappa shape index (κ3) is 2.78. The monoisotopic (exact) mass is 262 g/mol. The summed E-state index contributed by atoms with van der Waals surface area (Å²) in [5, 5.41) is 3.86. The first kappa shape index (κ1) is 12.8. The minimum atomic E-state index is 0.0187. The Balaban J connectivity index is 2.26. The molecule has 5 heteroatoms. The first-order valence-corrected chi connectivity index (χ1v) is 6.07. The van der Waals surface area contributed by atoms with Gasteiger partial charge >= 0.3 is 0 Å². The number of aromatic nitrogens is 2. The Labute approximate surface area is 111 Å². The van der Waals surface area contributed by atoms with E-state index >= 15 is 0 Å². The van der Waals surface area contributed by atoms with Crippen LogP contribution < -0.4 is 11.1 Å². The molecule has 1 atom stereocenters. The number of pyridine rings is 2. The van der Waals surface area contributed by atoms with Gasteiger partial charge in [0.2, 0.25) is 0 Å². The van der Waals surface area contributed by atoms with Gasteiger partial charge in [0.15, 0.2) is 0 Å². The van der Waals surface area contributed by atoms with Crippen molar-refractivity contribution in [3.63, 3.8) is 0 Å². The van der Waals surface area contributed by atoms with Crippen LogP contribution in [0.1, 0.15) is 17.3 Å². The maximum Gasteiger partial charge on any atom is 0.126 e. The predicted molar refractivity (Wildman–Crippen MR) is 73.4 cm³/mol. The molecule has 0 aromatic carbocycles. The molecular formula is C13H15ClN4. The van der Waals surface area contributed by atoms with Crippen LogP contribution in [-0.2, 0) is 6.42 Å². The molecule has 4 nitrogen and oxygen atoms in total. The summed E-state index contributed by atoms with van der Waals surface area (Å²) in [7, 11) is 1.88. The van der Waals surface area contributed by atoms with E-state index in [0.29, 0.717) is 17.3 Å². The van der Waals surface area contributed by atoms with Crippen LogP contribution in [0.15, 0.2) is 36.7 Å². The molecule has 0 fully saturated rings. The summed E-state index contributed by atoms with van der Waals surface area (Å²) in [5.41, 5.74) is 7.66. The zero-order valence-corrected chi connectivity index (χ0v) is 10.9. The Hall–Kier alpha value is -1.65. The number of nitrogens with one attached hydrogen (secondary N) is 1. The quantitative estimate of drug-likeness (QED) is 0.887. The van der Waals surface area contributed by atoms with Crippen LogP contribution in [0.3, 0.4) is 0 Å². The van der Waals surface area contributed by atoms with Gasteiger partial charge in [0.05, 0.1) is 16.8 Å². The molecule has 18 heavy (non-hydrogen) atoms. The molecule has 3 N–H and O–H groups in total. The predicted octanol–water partition coefficient (Wildman–Crippen LogP) is 2.22. The van der Waals surface area contributed by atoms with Crippen molar-refractivity contribution in [1.82, 2.24) is 15.3 Å². The second-order valence-electron chi connectivity index (χ2n) is 3.96. The number of nitrogens with two attached hydrogens (primary N) is 1. The maximum absolute atomic E-state index is 6.15. The molecule has 0 aliphatic carbocycles. The molecule has 2 rings (SSSR count). The molecule has 2 aromatic rings. The van der Waals surface area contributed by atoms with Gasteiger partial charge in [0, 0.05) is 12.4 Å². The average molecular weight is 263 g/mol. The number of nitrogens with zero attached hydrogens (tertiary/aromatic N) is 2. The molecule has 0 spiro atoms. The molecule has 0 aliphatic heterocycles. The van der Waals surface area contributed by atoms with Crippen molar-refractivity contribution < 1.29 is 0 Å². The van der Waals surface area contributed by atoms with Crippen LogP contribution in [0.5, 0.6) is 0 Å². The molecule has 1 unspecified atom stereocenters. The van der Waals surface area contributed by atoms with E-state index < -0.39 is 0 Å². The highest BCUT2D eigenvalue weighted by Crippen LogP contribution is 2.24. The largest absolute Gasteiger partial charge is 0.383 e. The second-order valence-corrected chi connectivity index (χ2v) is 4.37. The lowest BCUT2D eigenvalue weighted by atomic mass is 10.0.